The van der Waals surface area contributed by atoms with Gasteiger partial charge in [-0.05, 0) is 48.1 Å². The molecule has 5 atom stereocenters. The highest BCUT2D eigenvalue weighted by molar-refractivity contribution is 5.84. The number of carboxylic acids is 1. The summed E-state index contributed by atoms with van der Waals surface area (Å²) in [6.45, 7) is 2.11. The number of ether oxygens (including phenoxy) is 1. The second kappa shape index (κ2) is 8.47. The molecular weight excluding hydrogens is 380 g/mol. The molecule has 1 fully saturated rings. The largest absolute Gasteiger partial charge is 0.497 e. The van der Waals surface area contributed by atoms with Gasteiger partial charge in [-0.25, -0.2) is 10.4 Å². The molecule has 0 aliphatic carbocycles. The van der Waals surface area contributed by atoms with Gasteiger partial charge in [0, 0.05) is 17.1 Å². The van der Waals surface area contributed by atoms with E-state index in [1.807, 2.05) is 48.7 Å². The van der Waals surface area contributed by atoms with E-state index in [0.29, 0.717) is 12.8 Å². The SMILES string of the molecule is COc1ccc(C(C)CC(N)NN2[C@H](Cc3c[nH]c4ccccc34)[C@@H]2C(=O)O)cc1. The predicted molar refractivity (Wildman–Crippen MR) is 116 cm³/mol. The molecule has 7 heteroatoms. The van der Waals surface area contributed by atoms with E-state index in [-0.39, 0.29) is 18.1 Å². The maximum Gasteiger partial charge on any atom is 0.324 e. The number of aromatic amines is 1. The molecule has 3 unspecified atom stereocenters. The number of fused-ring (bicyclic) bond motifs is 1. The van der Waals surface area contributed by atoms with Crippen LogP contribution in [0.25, 0.3) is 10.9 Å². The van der Waals surface area contributed by atoms with Crippen LogP contribution in [0.15, 0.2) is 54.7 Å². The second-order valence-corrected chi connectivity index (χ2v) is 7.97. The number of nitrogens with zero attached hydrogens (tertiary/aromatic N) is 1. The quantitative estimate of drug-likeness (QED) is 0.321. The summed E-state index contributed by atoms with van der Waals surface area (Å²) in [6, 6.07) is 15.3. The first-order chi connectivity index (χ1) is 14.5. The smallest absolute Gasteiger partial charge is 0.324 e. The number of aromatic nitrogens is 1. The zero-order valence-electron chi connectivity index (χ0n) is 17.2. The Bertz CT molecular complexity index is 1020. The summed E-state index contributed by atoms with van der Waals surface area (Å²) in [7, 11) is 1.65. The molecule has 1 aliphatic rings. The number of methoxy groups -OCH3 is 1. The number of benzene rings is 2. The third-order valence-electron chi connectivity index (χ3n) is 5.90. The number of carboxylic acid groups (broad SMARTS) is 1. The molecule has 0 amide bonds. The van der Waals surface area contributed by atoms with Gasteiger partial charge in [0.15, 0.2) is 0 Å². The Morgan fingerprint density at radius 3 is 2.70 bits per heavy atom. The van der Waals surface area contributed by atoms with Crippen molar-refractivity contribution in [3.63, 3.8) is 0 Å². The van der Waals surface area contributed by atoms with Gasteiger partial charge >= 0.3 is 5.97 Å². The Hall–Kier alpha value is -2.87. The van der Waals surface area contributed by atoms with Crippen LogP contribution in [0.3, 0.4) is 0 Å². The Morgan fingerprint density at radius 1 is 1.27 bits per heavy atom. The van der Waals surface area contributed by atoms with Crippen molar-refractivity contribution < 1.29 is 14.6 Å². The lowest BCUT2D eigenvalue weighted by atomic mass is 9.96. The third kappa shape index (κ3) is 4.18. The zero-order valence-corrected chi connectivity index (χ0v) is 17.2. The van der Waals surface area contributed by atoms with E-state index in [0.717, 1.165) is 22.2 Å². The van der Waals surface area contributed by atoms with Crippen LogP contribution in [0.5, 0.6) is 5.75 Å². The van der Waals surface area contributed by atoms with E-state index >= 15 is 0 Å². The maximum atomic E-state index is 11.7. The van der Waals surface area contributed by atoms with E-state index in [2.05, 4.69) is 23.4 Å². The average Bonchev–Trinajstić information content (AvgIpc) is 3.25. The molecular formula is C23H28N4O3. The summed E-state index contributed by atoms with van der Waals surface area (Å²) in [6.07, 6.45) is 2.96. The van der Waals surface area contributed by atoms with Crippen LogP contribution in [-0.4, -0.2) is 46.4 Å². The van der Waals surface area contributed by atoms with Gasteiger partial charge in [0.25, 0.3) is 0 Å². The Labute approximate surface area is 175 Å². The summed E-state index contributed by atoms with van der Waals surface area (Å²) >= 11 is 0. The van der Waals surface area contributed by atoms with E-state index in [1.165, 1.54) is 5.56 Å². The number of H-pyrrole nitrogens is 1. The van der Waals surface area contributed by atoms with Crippen LogP contribution in [0.4, 0.5) is 0 Å². The maximum absolute atomic E-state index is 11.7. The molecule has 0 radical (unpaired) electrons. The molecule has 4 rings (SSSR count). The number of hydrogen-bond donors (Lipinski definition) is 4. The fourth-order valence-corrected chi connectivity index (χ4v) is 4.17. The minimum atomic E-state index is -0.831. The normalized spacial score (nSPS) is 22.6. The lowest BCUT2D eigenvalue weighted by Crippen LogP contribution is -2.43. The highest BCUT2D eigenvalue weighted by Crippen LogP contribution is 2.32. The number of aliphatic carboxylic acids is 1. The molecule has 3 aromatic rings. The first kappa shape index (κ1) is 20.4. The van der Waals surface area contributed by atoms with Crippen LogP contribution in [0.1, 0.15) is 30.4 Å². The summed E-state index contributed by atoms with van der Waals surface area (Å²) in [5, 5.41) is 12.5. The number of para-hydroxylation sites is 1. The molecule has 0 spiro atoms. The van der Waals surface area contributed by atoms with Crippen molar-refractivity contribution in [2.45, 2.75) is 43.9 Å². The number of hydrogen-bond acceptors (Lipinski definition) is 5. The van der Waals surface area contributed by atoms with Crippen molar-refractivity contribution in [3.8, 4) is 5.75 Å². The first-order valence-electron chi connectivity index (χ1n) is 10.2. The van der Waals surface area contributed by atoms with Crippen molar-refractivity contribution in [1.82, 2.24) is 15.4 Å². The molecule has 2 aromatic carbocycles. The van der Waals surface area contributed by atoms with Crippen LogP contribution >= 0.6 is 0 Å². The standard InChI is InChI=1S/C23H28N4O3/c1-14(15-7-9-17(30-2)10-8-15)11-21(24)26-27-20(22(27)23(28)29)12-16-13-25-19-6-4-3-5-18(16)19/h3-10,13-14,20-22,25-26H,11-12,24H2,1-2H3,(H,28,29)/t14?,20-,21?,22-,27?/m1/s1. The van der Waals surface area contributed by atoms with E-state index in [9.17, 15) is 9.90 Å². The topological polar surface area (TPSA) is 103 Å². The van der Waals surface area contributed by atoms with Crippen molar-refractivity contribution in [2.24, 2.45) is 5.73 Å². The molecule has 0 saturated carbocycles. The van der Waals surface area contributed by atoms with Crippen molar-refractivity contribution >= 4 is 16.9 Å². The molecule has 2 heterocycles. The lowest BCUT2D eigenvalue weighted by molar-refractivity contribution is -0.137. The monoisotopic (exact) mass is 408 g/mol. The van der Waals surface area contributed by atoms with Gasteiger partial charge in [-0.15, -0.1) is 0 Å². The Kier molecular flexibility index (Phi) is 5.76. The molecule has 1 aromatic heterocycles. The molecule has 7 nitrogen and oxygen atoms in total. The third-order valence-corrected chi connectivity index (χ3v) is 5.90. The van der Waals surface area contributed by atoms with Gasteiger partial charge in [0.05, 0.1) is 19.3 Å². The van der Waals surface area contributed by atoms with Gasteiger partial charge in [-0.3, -0.25) is 4.79 Å². The fraction of sp³-hybridized carbons (Fsp3) is 0.348. The highest BCUT2D eigenvalue weighted by Gasteiger charge is 2.53. The minimum Gasteiger partial charge on any atom is -0.497 e. The fourth-order valence-electron chi connectivity index (χ4n) is 4.17. The van der Waals surface area contributed by atoms with E-state index in [4.69, 9.17) is 10.5 Å². The van der Waals surface area contributed by atoms with Crippen LogP contribution in [0.2, 0.25) is 0 Å². The summed E-state index contributed by atoms with van der Waals surface area (Å²) in [5.74, 6) is 0.221. The second-order valence-electron chi connectivity index (χ2n) is 7.97. The van der Waals surface area contributed by atoms with Gasteiger partial charge in [-0.1, -0.05) is 37.3 Å². The summed E-state index contributed by atoms with van der Waals surface area (Å²) < 4.78 is 5.21. The van der Waals surface area contributed by atoms with E-state index in [1.54, 1.807) is 12.1 Å². The number of carbonyl (C=O) groups is 1. The van der Waals surface area contributed by atoms with Crippen LogP contribution in [-0.2, 0) is 11.2 Å². The van der Waals surface area contributed by atoms with Crippen LogP contribution in [0, 0.1) is 0 Å². The van der Waals surface area contributed by atoms with Crippen LogP contribution < -0.4 is 15.9 Å². The lowest BCUT2D eigenvalue weighted by Gasteiger charge is -2.20. The average molecular weight is 409 g/mol. The molecule has 158 valence electrons. The molecule has 1 aliphatic heterocycles. The predicted octanol–water partition coefficient (Wildman–Crippen LogP) is 2.84. The van der Waals surface area contributed by atoms with Gasteiger partial charge < -0.3 is 20.6 Å². The molecule has 30 heavy (non-hydrogen) atoms. The summed E-state index contributed by atoms with van der Waals surface area (Å²) in [5.41, 5.74) is 12.9. The van der Waals surface area contributed by atoms with Gasteiger partial charge in [0.1, 0.15) is 11.8 Å². The summed E-state index contributed by atoms with van der Waals surface area (Å²) in [4.78, 5) is 15.0. The minimum absolute atomic E-state index is 0.121. The van der Waals surface area contributed by atoms with Crippen molar-refractivity contribution in [1.29, 1.82) is 0 Å². The number of hydrazine groups is 1. The zero-order chi connectivity index (χ0) is 21.3. The molecule has 0 bridgehead atoms. The molecule has 5 N–H and O–H groups in total. The van der Waals surface area contributed by atoms with Crippen molar-refractivity contribution in [2.75, 3.05) is 7.11 Å². The Morgan fingerprint density at radius 2 is 2.00 bits per heavy atom. The highest BCUT2D eigenvalue weighted by atomic mass is 16.5. The number of nitrogens with one attached hydrogen (secondary N) is 2. The van der Waals surface area contributed by atoms with Gasteiger partial charge in [0.2, 0.25) is 0 Å². The first-order valence-corrected chi connectivity index (χ1v) is 10.2. The van der Waals surface area contributed by atoms with Crippen molar-refractivity contribution in [3.05, 3.63) is 65.9 Å². The van der Waals surface area contributed by atoms with Gasteiger partial charge in [-0.2, -0.15) is 0 Å². The number of rotatable bonds is 9. The number of nitrogens with two attached hydrogens (primary N) is 1. The Balaban J connectivity index is 1.38. The van der Waals surface area contributed by atoms with E-state index < -0.39 is 12.0 Å². The molecule has 1 saturated heterocycles.